The maximum Gasteiger partial charge on any atom is 0.118 e. The molecule has 1 aromatic carbocycles. The van der Waals surface area contributed by atoms with Crippen LogP contribution in [0.15, 0.2) is 29.3 Å². The van der Waals surface area contributed by atoms with Gasteiger partial charge in [-0.3, -0.25) is 9.89 Å². The number of hydrogen-bond acceptors (Lipinski definition) is 3. The van der Waals surface area contributed by atoms with Gasteiger partial charge in [0.25, 0.3) is 0 Å². The SMILES string of the molecule is COc1ccc(C(CN=C(C)N)N2CCCCC2)cc1.I. The number of benzene rings is 1. The van der Waals surface area contributed by atoms with E-state index in [1.54, 1.807) is 7.11 Å². The molecule has 0 amide bonds. The van der Waals surface area contributed by atoms with Gasteiger partial charge in [-0.05, 0) is 50.6 Å². The van der Waals surface area contributed by atoms with Crippen LogP contribution in [0.2, 0.25) is 0 Å². The minimum atomic E-state index is 0. The normalized spacial score (nSPS) is 17.9. The molecule has 1 saturated heterocycles. The fourth-order valence-electron chi connectivity index (χ4n) is 2.72. The summed E-state index contributed by atoms with van der Waals surface area (Å²) in [6.07, 6.45) is 3.89. The molecule has 1 heterocycles. The first-order chi connectivity index (χ1) is 9.70. The van der Waals surface area contributed by atoms with E-state index in [0.29, 0.717) is 11.9 Å². The summed E-state index contributed by atoms with van der Waals surface area (Å²) in [6.45, 7) is 4.88. The van der Waals surface area contributed by atoms with Gasteiger partial charge in [-0.25, -0.2) is 0 Å². The average Bonchev–Trinajstić information content (AvgIpc) is 2.49. The number of piperidine rings is 1. The van der Waals surface area contributed by atoms with E-state index in [0.717, 1.165) is 25.4 Å². The van der Waals surface area contributed by atoms with Gasteiger partial charge in [-0.2, -0.15) is 0 Å². The maximum atomic E-state index is 5.71. The molecule has 1 aliphatic rings. The van der Waals surface area contributed by atoms with Crippen molar-refractivity contribution < 1.29 is 4.74 Å². The lowest BCUT2D eigenvalue weighted by molar-refractivity contribution is 0.168. The van der Waals surface area contributed by atoms with Crippen LogP contribution in [-0.4, -0.2) is 37.5 Å². The van der Waals surface area contributed by atoms with E-state index < -0.39 is 0 Å². The largest absolute Gasteiger partial charge is 0.497 e. The van der Waals surface area contributed by atoms with Crippen molar-refractivity contribution in [1.82, 2.24) is 4.90 Å². The van der Waals surface area contributed by atoms with Crippen LogP contribution in [0.1, 0.15) is 37.8 Å². The first-order valence-electron chi connectivity index (χ1n) is 7.35. The van der Waals surface area contributed by atoms with Gasteiger partial charge in [0.05, 0.1) is 25.5 Å². The summed E-state index contributed by atoms with van der Waals surface area (Å²) in [5, 5.41) is 0. The molecule has 0 aromatic heterocycles. The van der Waals surface area contributed by atoms with Gasteiger partial charge < -0.3 is 10.5 Å². The van der Waals surface area contributed by atoms with Crippen molar-refractivity contribution in [2.45, 2.75) is 32.2 Å². The predicted molar refractivity (Wildman–Crippen MR) is 98.7 cm³/mol. The molecular formula is C16H26IN3O. The van der Waals surface area contributed by atoms with Crippen LogP contribution in [0.5, 0.6) is 5.75 Å². The fraction of sp³-hybridized carbons (Fsp3) is 0.562. The molecule has 5 heteroatoms. The highest BCUT2D eigenvalue weighted by Gasteiger charge is 2.22. The molecule has 1 aliphatic heterocycles. The summed E-state index contributed by atoms with van der Waals surface area (Å²) in [5.74, 6) is 1.55. The highest BCUT2D eigenvalue weighted by atomic mass is 127. The molecule has 0 saturated carbocycles. The first-order valence-corrected chi connectivity index (χ1v) is 7.35. The predicted octanol–water partition coefficient (Wildman–Crippen LogP) is 3.22. The molecule has 0 bridgehead atoms. The number of amidine groups is 1. The van der Waals surface area contributed by atoms with E-state index in [9.17, 15) is 0 Å². The molecule has 1 aromatic rings. The number of ether oxygens (including phenoxy) is 1. The van der Waals surface area contributed by atoms with Crippen LogP contribution < -0.4 is 10.5 Å². The van der Waals surface area contributed by atoms with Gasteiger partial charge in [-0.1, -0.05) is 18.6 Å². The molecular weight excluding hydrogens is 377 g/mol. The van der Waals surface area contributed by atoms with Crippen LogP contribution in [0.25, 0.3) is 0 Å². The van der Waals surface area contributed by atoms with Crippen LogP contribution >= 0.6 is 24.0 Å². The second-order valence-electron chi connectivity index (χ2n) is 5.37. The molecule has 1 fully saturated rings. The zero-order chi connectivity index (χ0) is 14.4. The molecule has 1 atom stereocenters. The summed E-state index contributed by atoms with van der Waals surface area (Å²) in [7, 11) is 1.69. The number of hydrogen-bond donors (Lipinski definition) is 1. The smallest absolute Gasteiger partial charge is 0.118 e. The van der Waals surface area contributed by atoms with Crippen molar-refractivity contribution >= 4 is 29.8 Å². The monoisotopic (exact) mass is 403 g/mol. The van der Waals surface area contributed by atoms with E-state index >= 15 is 0 Å². The summed E-state index contributed by atoms with van der Waals surface area (Å²) < 4.78 is 5.23. The minimum Gasteiger partial charge on any atom is -0.497 e. The number of nitrogens with two attached hydrogens (primary N) is 1. The number of halogens is 1. The first kappa shape index (κ1) is 18.2. The van der Waals surface area contributed by atoms with Gasteiger partial charge in [0.15, 0.2) is 0 Å². The van der Waals surface area contributed by atoms with E-state index in [-0.39, 0.29) is 24.0 Å². The Morgan fingerprint density at radius 2 is 1.86 bits per heavy atom. The number of nitrogens with zero attached hydrogens (tertiary/aromatic N) is 2. The van der Waals surface area contributed by atoms with Gasteiger partial charge in [0.2, 0.25) is 0 Å². The zero-order valence-electron chi connectivity index (χ0n) is 12.9. The Labute approximate surface area is 144 Å². The standard InChI is InChI=1S/C16H25N3O.HI/c1-13(17)18-12-16(19-10-4-3-5-11-19)14-6-8-15(20-2)9-7-14;/h6-9,16H,3-5,10-12H2,1-2H3,(H2,17,18);1H. The van der Waals surface area contributed by atoms with E-state index in [1.165, 1.54) is 24.8 Å². The van der Waals surface area contributed by atoms with Gasteiger partial charge in [0.1, 0.15) is 5.75 Å². The molecule has 4 nitrogen and oxygen atoms in total. The fourth-order valence-corrected chi connectivity index (χ4v) is 2.72. The quantitative estimate of drug-likeness (QED) is 0.467. The number of likely N-dealkylation sites (tertiary alicyclic amines) is 1. The third-order valence-corrected chi connectivity index (χ3v) is 3.85. The maximum absolute atomic E-state index is 5.71. The zero-order valence-corrected chi connectivity index (χ0v) is 15.2. The van der Waals surface area contributed by atoms with Crippen molar-refractivity contribution in [2.75, 3.05) is 26.7 Å². The summed E-state index contributed by atoms with van der Waals surface area (Å²) in [6, 6.07) is 8.63. The highest BCUT2D eigenvalue weighted by molar-refractivity contribution is 14.0. The van der Waals surface area contributed by atoms with Crippen molar-refractivity contribution in [3.63, 3.8) is 0 Å². The molecule has 0 aliphatic carbocycles. The molecule has 2 N–H and O–H groups in total. The van der Waals surface area contributed by atoms with Crippen molar-refractivity contribution in [1.29, 1.82) is 0 Å². The van der Waals surface area contributed by atoms with Crippen molar-refractivity contribution in [3.05, 3.63) is 29.8 Å². The van der Waals surface area contributed by atoms with Crippen LogP contribution in [-0.2, 0) is 0 Å². The second-order valence-corrected chi connectivity index (χ2v) is 5.37. The lowest BCUT2D eigenvalue weighted by Gasteiger charge is -2.34. The van der Waals surface area contributed by atoms with Gasteiger partial charge in [-0.15, -0.1) is 24.0 Å². The Bertz CT molecular complexity index is 437. The second kappa shape index (κ2) is 9.25. The Balaban J connectivity index is 0.00000220. The molecule has 0 spiro atoms. The Kier molecular flexibility index (Phi) is 8.03. The molecule has 1 unspecified atom stereocenters. The van der Waals surface area contributed by atoms with E-state index in [1.807, 2.05) is 19.1 Å². The lowest BCUT2D eigenvalue weighted by atomic mass is 10.0. The molecule has 0 radical (unpaired) electrons. The topological polar surface area (TPSA) is 50.9 Å². The number of aliphatic imine (C=N–C) groups is 1. The van der Waals surface area contributed by atoms with Crippen molar-refractivity contribution in [2.24, 2.45) is 10.7 Å². The number of rotatable bonds is 5. The number of methoxy groups -OCH3 is 1. The van der Waals surface area contributed by atoms with Gasteiger partial charge >= 0.3 is 0 Å². The Morgan fingerprint density at radius 3 is 2.38 bits per heavy atom. The highest BCUT2D eigenvalue weighted by Crippen LogP contribution is 2.26. The van der Waals surface area contributed by atoms with Crippen LogP contribution in [0.3, 0.4) is 0 Å². The summed E-state index contributed by atoms with van der Waals surface area (Å²) in [5.41, 5.74) is 6.99. The lowest BCUT2D eigenvalue weighted by Crippen LogP contribution is -2.35. The Morgan fingerprint density at radius 1 is 1.24 bits per heavy atom. The average molecular weight is 403 g/mol. The molecule has 2 rings (SSSR count). The summed E-state index contributed by atoms with van der Waals surface area (Å²) >= 11 is 0. The third kappa shape index (κ3) is 5.47. The minimum absolute atomic E-state index is 0. The van der Waals surface area contributed by atoms with Crippen LogP contribution in [0, 0.1) is 0 Å². The molecule has 21 heavy (non-hydrogen) atoms. The third-order valence-electron chi connectivity index (χ3n) is 3.85. The van der Waals surface area contributed by atoms with Crippen molar-refractivity contribution in [3.8, 4) is 5.75 Å². The Hall–Kier alpha value is -0.820. The van der Waals surface area contributed by atoms with Gasteiger partial charge in [0, 0.05) is 0 Å². The van der Waals surface area contributed by atoms with E-state index in [4.69, 9.17) is 10.5 Å². The molecule has 118 valence electrons. The van der Waals surface area contributed by atoms with E-state index in [2.05, 4.69) is 22.0 Å². The summed E-state index contributed by atoms with van der Waals surface area (Å²) in [4.78, 5) is 6.97. The van der Waals surface area contributed by atoms with Crippen LogP contribution in [0.4, 0.5) is 0 Å².